The SMILES string of the molecule is CC(Cl)C(=O)N1CCOCC1C(N)=O. The number of primary amides is 1. The molecule has 2 amide bonds. The summed E-state index contributed by atoms with van der Waals surface area (Å²) in [7, 11) is 0. The number of ether oxygens (including phenoxy) is 1. The molecule has 1 rings (SSSR count). The van der Waals surface area contributed by atoms with Crippen molar-refractivity contribution in [1.29, 1.82) is 0 Å². The van der Waals surface area contributed by atoms with E-state index in [1.54, 1.807) is 6.92 Å². The Labute approximate surface area is 87.1 Å². The maximum absolute atomic E-state index is 11.5. The molecule has 1 fully saturated rings. The van der Waals surface area contributed by atoms with Crippen LogP contribution in [0.25, 0.3) is 0 Å². The van der Waals surface area contributed by atoms with Crippen molar-refractivity contribution in [2.75, 3.05) is 19.8 Å². The molecule has 1 aliphatic heterocycles. The summed E-state index contributed by atoms with van der Waals surface area (Å²) >= 11 is 5.65. The Bertz CT molecular complexity index is 245. The maximum Gasteiger partial charge on any atom is 0.242 e. The van der Waals surface area contributed by atoms with Gasteiger partial charge in [0.25, 0.3) is 0 Å². The Balaban J connectivity index is 2.72. The average Bonchev–Trinajstić information content (AvgIpc) is 2.16. The first-order valence-electron chi connectivity index (χ1n) is 4.35. The lowest BCUT2D eigenvalue weighted by molar-refractivity contribution is -0.146. The lowest BCUT2D eigenvalue weighted by Crippen LogP contribution is -2.56. The zero-order valence-electron chi connectivity index (χ0n) is 7.90. The van der Waals surface area contributed by atoms with Gasteiger partial charge in [-0.3, -0.25) is 9.59 Å². The third-order valence-electron chi connectivity index (χ3n) is 2.08. The van der Waals surface area contributed by atoms with Crippen LogP contribution in [0.15, 0.2) is 0 Å². The summed E-state index contributed by atoms with van der Waals surface area (Å²) in [5.74, 6) is -0.839. The highest BCUT2D eigenvalue weighted by atomic mass is 35.5. The van der Waals surface area contributed by atoms with Gasteiger partial charge in [0.1, 0.15) is 11.4 Å². The molecule has 1 aliphatic rings. The van der Waals surface area contributed by atoms with E-state index < -0.39 is 17.3 Å². The second kappa shape index (κ2) is 4.61. The molecule has 0 bridgehead atoms. The van der Waals surface area contributed by atoms with Crippen LogP contribution in [-0.4, -0.2) is 47.9 Å². The first-order chi connectivity index (χ1) is 6.54. The summed E-state index contributed by atoms with van der Waals surface area (Å²) in [5, 5.41) is -0.644. The van der Waals surface area contributed by atoms with Gasteiger partial charge in [0.2, 0.25) is 11.8 Å². The van der Waals surface area contributed by atoms with Gasteiger partial charge >= 0.3 is 0 Å². The van der Waals surface area contributed by atoms with E-state index in [1.807, 2.05) is 0 Å². The fraction of sp³-hybridized carbons (Fsp3) is 0.750. The molecule has 1 saturated heterocycles. The monoisotopic (exact) mass is 220 g/mol. The number of amides is 2. The van der Waals surface area contributed by atoms with Crippen LogP contribution in [0.2, 0.25) is 0 Å². The van der Waals surface area contributed by atoms with Gasteiger partial charge in [-0.05, 0) is 6.92 Å². The molecule has 0 aliphatic carbocycles. The molecule has 80 valence electrons. The summed E-state index contributed by atoms with van der Waals surface area (Å²) < 4.78 is 5.07. The molecule has 0 saturated carbocycles. The molecule has 0 spiro atoms. The number of alkyl halides is 1. The number of halogens is 1. The first-order valence-corrected chi connectivity index (χ1v) is 4.79. The van der Waals surface area contributed by atoms with Crippen LogP contribution in [0.3, 0.4) is 0 Å². The zero-order chi connectivity index (χ0) is 10.7. The fourth-order valence-corrected chi connectivity index (χ4v) is 1.46. The fourth-order valence-electron chi connectivity index (χ4n) is 1.33. The number of morpholine rings is 1. The van der Waals surface area contributed by atoms with Gasteiger partial charge in [-0.2, -0.15) is 0 Å². The largest absolute Gasteiger partial charge is 0.377 e. The minimum absolute atomic E-state index is 0.157. The van der Waals surface area contributed by atoms with E-state index in [9.17, 15) is 9.59 Å². The molecule has 0 radical (unpaired) electrons. The predicted molar refractivity (Wildman–Crippen MR) is 50.8 cm³/mol. The van der Waals surface area contributed by atoms with E-state index in [0.29, 0.717) is 13.2 Å². The summed E-state index contributed by atoms with van der Waals surface area (Å²) in [6.07, 6.45) is 0. The van der Waals surface area contributed by atoms with Gasteiger partial charge in [0, 0.05) is 6.54 Å². The number of rotatable bonds is 2. The smallest absolute Gasteiger partial charge is 0.242 e. The van der Waals surface area contributed by atoms with Crippen molar-refractivity contribution in [3.8, 4) is 0 Å². The molecular formula is C8H13ClN2O3. The van der Waals surface area contributed by atoms with Crippen LogP contribution in [0, 0.1) is 0 Å². The lowest BCUT2D eigenvalue weighted by atomic mass is 10.2. The standard InChI is InChI=1S/C8H13ClN2O3/c1-5(9)8(13)11-2-3-14-4-6(11)7(10)12/h5-6H,2-4H2,1H3,(H2,10,12). The van der Waals surface area contributed by atoms with Crippen molar-refractivity contribution < 1.29 is 14.3 Å². The number of carbonyl (C=O) groups excluding carboxylic acids is 2. The first kappa shape index (κ1) is 11.3. The van der Waals surface area contributed by atoms with Gasteiger partial charge in [-0.25, -0.2) is 0 Å². The zero-order valence-corrected chi connectivity index (χ0v) is 8.66. The van der Waals surface area contributed by atoms with Crippen LogP contribution in [0.1, 0.15) is 6.92 Å². The highest BCUT2D eigenvalue weighted by molar-refractivity contribution is 6.30. The van der Waals surface area contributed by atoms with Crippen LogP contribution in [0.5, 0.6) is 0 Å². The van der Waals surface area contributed by atoms with E-state index >= 15 is 0 Å². The second-order valence-corrected chi connectivity index (χ2v) is 3.80. The normalized spacial score (nSPS) is 24.4. The van der Waals surface area contributed by atoms with Crippen molar-refractivity contribution >= 4 is 23.4 Å². The minimum Gasteiger partial charge on any atom is -0.377 e. The topological polar surface area (TPSA) is 72.6 Å². The highest BCUT2D eigenvalue weighted by Gasteiger charge is 2.32. The van der Waals surface area contributed by atoms with E-state index in [0.717, 1.165) is 0 Å². The average molecular weight is 221 g/mol. The maximum atomic E-state index is 11.5. The number of hydrogen-bond donors (Lipinski definition) is 1. The minimum atomic E-state index is -0.683. The number of nitrogens with two attached hydrogens (primary N) is 1. The quantitative estimate of drug-likeness (QED) is 0.627. The molecule has 5 nitrogen and oxygen atoms in total. The molecule has 2 unspecified atom stereocenters. The molecule has 1 heterocycles. The Hall–Kier alpha value is -0.810. The van der Waals surface area contributed by atoms with E-state index in [2.05, 4.69) is 0 Å². The summed E-state index contributed by atoms with van der Waals surface area (Å²) in [6.45, 7) is 2.50. The van der Waals surface area contributed by atoms with Crippen LogP contribution < -0.4 is 5.73 Å². The van der Waals surface area contributed by atoms with Crippen molar-refractivity contribution in [1.82, 2.24) is 4.90 Å². The molecule has 14 heavy (non-hydrogen) atoms. The predicted octanol–water partition coefficient (Wildman–Crippen LogP) is -0.674. The van der Waals surface area contributed by atoms with Crippen LogP contribution in [-0.2, 0) is 14.3 Å². The molecule has 2 atom stereocenters. The van der Waals surface area contributed by atoms with Gasteiger partial charge in [-0.1, -0.05) is 0 Å². The van der Waals surface area contributed by atoms with Crippen molar-refractivity contribution in [2.24, 2.45) is 5.73 Å². The van der Waals surface area contributed by atoms with E-state index in [4.69, 9.17) is 22.1 Å². The number of carbonyl (C=O) groups is 2. The van der Waals surface area contributed by atoms with E-state index in [1.165, 1.54) is 4.90 Å². The number of nitrogens with zero attached hydrogens (tertiary/aromatic N) is 1. The van der Waals surface area contributed by atoms with Gasteiger partial charge in [-0.15, -0.1) is 11.6 Å². The van der Waals surface area contributed by atoms with Crippen molar-refractivity contribution in [3.05, 3.63) is 0 Å². The number of hydrogen-bond acceptors (Lipinski definition) is 3. The molecule has 0 aromatic heterocycles. The third-order valence-corrected chi connectivity index (χ3v) is 2.27. The Kier molecular flexibility index (Phi) is 3.71. The Morgan fingerprint density at radius 3 is 2.79 bits per heavy atom. The summed E-state index contributed by atoms with van der Waals surface area (Å²) in [4.78, 5) is 23.9. The van der Waals surface area contributed by atoms with Crippen molar-refractivity contribution in [2.45, 2.75) is 18.3 Å². The summed E-state index contributed by atoms with van der Waals surface area (Å²) in [5.41, 5.74) is 5.14. The summed E-state index contributed by atoms with van der Waals surface area (Å²) in [6, 6.07) is -0.683. The van der Waals surface area contributed by atoms with Crippen LogP contribution >= 0.6 is 11.6 Å². The molecular weight excluding hydrogens is 208 g/mol. The van der Waals surface area contributed by atoms with Crippen LogP contribution in [0.4, 0.5) is 0 Å². The van der Waals surface area contributed by atoms with E-state index in [-0.39, 0.29) is 12.5 Å². The third kappa shape index (κ3) is 2.36. The molecule has 6 heteroatoms. The van der Waals surface area contributed by atoms with Gasteiger partial charge < -0.3 is 15.4 Å². The molecule has 0 aromatic carbocycles. The highest BCUT2D eigenvalue weighted by Crippen LogP contribution is 2.10. The molecule has 2 N–H and O–H groups in total. The second-order valence-electron chi connectivity index (χ2n) is 3.14. The lowest BCUT2D eigenvalue weighted by Gasteiger charge is -2.34. The molecule has 0 aromatic rings. The van der Waals surface area contributed by atoms with Crippen molar-refractivity contribution in [3.63, 3.8) is 0 Å². The van der Waals surface area contributed by atoms with Gasteiger partial charge in [0.15, 0.2) is 0 Å². The van der Waals surface area contributed by atoms with Gasteiger partial charge in [0.05, 0.1) is 13.2 Å². The Morgan fingerprint density at radius 2 is 2.29 bits per heavy atom. The Morgan fingerprint density at radius 1 is 1.64 bits per heavy atom.